The highest BCUT2D eigenvalue weighted by atomic mass is 19.4. The smallest absolute Gasteiger partial charge is 0.337 e. The van der Waals surface area contributed by atoms with Gasteiger partial charge in [-0.3, -0.25) is 9.48 Å². The molecule has 27 heavy (non-hydrogen) atoms. The highest BCUT2D eigenvalue weighted by Crippen LogP contribution is 2.30. The Bertz CT molecular complexity index is 982. The van der Waals surface area contributed by atoms with Crippen molar-refractivity contribution in [2.75, 3.05) is 13.1 Å². The predicted molar refractivity (Wildman–Crippen MR) is 91.3 cm³/mol. The predicted octanol–water partition coefficient (Wildman–Crippen LogP) is 3.34. The summed E-state index contributed by atoms with van der Waals surface area (Å²) in [4.78, 5) is 19.0. The number of aryl methyl sites for hydroxylation is 1. The zero-order valence-electron chi connectivity index (χ0n) is 14.6. The van der Waals surface area contributed by atoms with Crippen LogP contribution in [0.2, 0.25) is 0 Å². The summed E-state index contributed by atoms with van der Waals surface area (Å²) in [6.45, 7) is 2.75. The fourth-order valence-corrected chi connectivity index (χ4v) is 3.52. The Labute approximate surface area is 153 Å². The summed E-state index contributed by atoms with van der Waals surface area (Å²) >= 11 is 0. The zero-order chi connectivity index (χ0) is 19.2. The number of imidazole rings is 1. The van der Waals surface area contributed by atoms with Gasteiger partial charge < -0.3 is 9.30 Å². The van der Waals surface area contributed by atoms with Crippen LogP contribution in [0.4, 0.5) is 13.2 Å². The third-order valence-corrected chi connectivity index (χ3v) is 4.95. The largest absolute Gasteiger partial charge is 0.435 e. The highest BCUT2D eigenvalue weighted by Gasteiger charge is 2.35. The van der Waals surface area contributed by atoms with Crippen LogP contribution in [0.3, 0.4) is 0 Å². The van der Waals surface area contributed by atoms with E-state index in [0.29, 0.717) is 31.6 Å². The van der Waals surface area contributed by atoms with E-state index in [-0.39, 0.29) is 11.9 Å². The lowest BCUT2D eigenvalue weighted by Gasteiger charge is -2.31. The number of carbonyl (C=O) groups excluding carboxylic acids is 1. The molecule has 0 aliphatic carbocycles. The summed E-state index contributed by atoms with van der Waals surface area (Å²) in [7, 11) is 0. The molecular formula is C18H18F3N5O. The van der Waals surface area contributed by atoms with Gasteiger partial charge in [0.1, 0.15) is 5.82 Å². The summed E-state index contributed by atoms with van der Waals surface area (Å²) in [5.74, 6) is 0.585. The van der Waals surface area contributed by atoms with Crippen molar-refractivity contribution in [3.05, 3.63) is 53.9 Å². The van der Waals surface area contributed by atoms with Gasteiger partial charge in [0.15, 0.2) is 11.4 Å². The Morgan fingerprint density at radius 1 is 1.15 bits per heavy atom. The van der Waals surface area contributed by atoms with Gasteiger partial charge in [-0.15, -0.1) is 0 Å². The summed E-state index contributed by atoms with van der Waals surface area (Å²) in [6, 6.07) is 6.42. The molecule has 0 aromatic carbocycles. The Hall–Kier alpha value is -2.84. The molecule has 0 spiro atoms. The topological polar surface area (TPSA) is 55.4 Å². The first-order valence-corrected chi connectivity index (χ1v) is 8.70. The average molecular weight is 377 g/mol. The molecule has 1 amide bonds. The molecule has 0 radical (unpaired) electrons. The van der Waals surface area contributed by atoms with E-state index in [9.17, 15) is 18.0 Å². The van der Waals surface area contributed by atoms with Crippen LogP contribution in [-0.2, 0) is 6.18 Å². The number of pyridine rings is 1. The average Bonchev–Trinajstić information content (AvgIpc) is 3.27. The van der Waals surface area contributed by atoms with Crippen LogP contribution in [0.25, 0.3) is 5.52 Å². The Morgan fingerprint density at radius 3 is 2.56 bits per heavy atom. The van der Waals surface area contributed by atoms with Crippen LogP contribution in [0.15, 0.2) is 36.7 Å². The Kier molecular flexibility index (Phi) is 4.16. The molecule has 1 fully saturated rings. The molecule has 6 nitrogen and oxygen atoms in total. The van der Waals surface area contributed by atoms with Crippen LogP contribution in [0.1, 0.15) is 40.9 Å². The van der Waals surface area contributed by atoms with Gasteiger partial charge in [-0.2, -0.15) is 18.3 Å². The number of likely N-dealkylation sites (tertiary alicyclic amines) is 1. The third kappa shape index (κ3) is 3.17. The number of rotatable bonds is 2. The first-order valence-electron chi connectivity index (χ1n) is 8.70. The van der Waals surface area contributed by atoms with Gasteiger partial charge in [-0.1, -0.05) is 6.07 Å². The van der Waals surface area contributed by atoms with E-state index in [4.69, 9.17) is 0 Å². The van der Waals surface area contributed by atoms with Gasteiger partial charge in [0.25, 0.3) is 5.91 Å². The lowest BCUT2D eigenvalue weighted by molar-refractivity contribution is -0.141. The van der Waals surface area contributed by atoms with E-state index in [2.05, 4.69) is 10.1 Å². The lowest BCUT2D eigenvalue weighted by Crippen LogP contribution is -2.39. The number of alkyl halides is 3. The minimum absolute atomic E-state index is 0.148. The normalized spacial score (nSPS) is 16.2. The van der Waals surface area contributed by atoms with Crippen molar-refractivity contribution in [3.63, 3.8) is 0 Å². The van der Waals surface area contributed by atoms with Crippen LogP contribution in [0, 0.1) is 6.92 Å². The molecule has 9 heteroatoms. The molecule has 1 aliphatic heterocycles. The number of fused-ring (bicyclic) bond motifs is 1. The number of nitrogens with zero attached hydrogens (tertiary/aromatic N) is 5. The van der Waals surface area contributed by atoms with Crippen LogP contribution >= 0.6 is 0 Å². The maximum Gasteiger partial charge on any atom is 0.435 e. The molecule has 0 unspecified atom stereocenters. The van der Waals surface area contributed by atoms with Crippen molar-refractivity contribution < 1.29 is 18.0 Å². The maximum atomic E-state index is 12.9. The van der Waals surface area contributed by atoms with Crippen LogP contribution in [0.5, 0.6) is 0 Å². The van der Waals surface area contributed by atoms with E-state index in [1.807, 2.05) is 35.7 Å². The van der Waals surface area contributed by atoms with Gasteiger partial charge in [-0.05, 0) is 38.0 Å². The summed E-state index contributed by atoms with van der Waals surface area (Å²) < 4.78 is 41.4. The lowest BCUT2D eigenvalue weighted by atomic mass is 10.0. The summed E-state index contributed by atoms with van der Waals surface area (Å²) in [5.41, 5.74) is 0.273. The first-order chi connectivity index (χ1) is 12.8. The van der Waals surface area contributed by atoms with E-state index in [1.54, 1.807) is 4.90 Å². The number of hydrogen-bond donors (Lipinski definition) is 0. The fraction of sp³-hybridized carbons (Fsp3) is 0.389. The van der Waals surface area contributed by atoms with Crippen molar-refractivity contribution >= 4 is 11.4 Å². The molecule has 142 valence electrons. The highest BCUT2D eigenvalue weighted by molar-refractivity contribution is 5.99. The van der Waals surface area contributed by atoms with Gasteiger partial charge in [0.05, 0.1) is 11.6 Å². The van der Waals surface area contributed by atoms with Crippen molar-refractivity contribution in [2.24, 2.45) is 0 Å². The minimum Gasteiger partial charge on any atom is -0.337 e. The van der Waals surface area contributed by atoms with Gasteiger partial charge >= 0.3 is 6.18 Å². The molecule has 0 bridgehead atoms. The van der Waals surface area contributed by atoms with Gasteiger partial charge in [0.2, 0.25) is 0 Å². The molecule has 1 aliphatic rings. The molecular weight excluding hydrogens is 359 g/mol. The van der Waals surface area contributed by atoms with Crippen molar-refractivity contribution in [1.82, 2.24) is 24.1 Å². The standard InChI is InChI=1S/C18H18F3N5O/c1-12-22-16(14-4-2-3-8-25(12)14)17(27)24-9-5-13(6-10-24)26-11-7-15(23-26)18(19,20)21/h2-4,7-8,11,13H,5-6,9-10H2,1H3. The number of piperidine rings is 1. The van der Waals surface area contributed by atoms with E-state index in [0.717, 1.165) is 17.4 Å². The Morgan fingerprint density at radius 2 is 1.89 bits per heavy atom. The minimum atomic E-state index is -4.44. The molecule has 0 saturated carbocycles. The van der Waals surface area contributed by atoms with E-state index < -0.39 is 11.9 Å². The molecule has 3 aromatic rings. The summed E-state index contributed by atoms with van der Waals surface area (Å²) in [5, 5.41) is 3.65. The number of aromatic nitrogens is 4. The number of carbonyl (C=O) groups is 1. The SMILES string of the molecule is Cc1nc(C(=O)N2CCC(n3ccc(C(F)(F)F)n3)CC2)c2ccccn12. The third-order valence-electron chi connectivity index (χ3n) is 4.95. The van der Waals surface area contributed by atoms with E-state index >= 15 is 0 Å². The second-order valence-corrected chi connectivity index (χ2v) is 6.67. The molecule has 0 atom stereocenters. The van der Waals surface area contributed by atoms with Crippen molar-refractivity contribution in [2.45, 2.75) is 32.0 Å². The Balaban J connectivity index is 1.47. The maximum absolute atomic E-state index is 12.9. The number of hydrogen-bond acceptors (Lipinski definition) is 3. The summed E-state index contributed by atoms with van der Waals surface area (Å²) in [6.07, 6.45) is -0.124. The number of amides is 1. The quantitative estimate of drug-likeness (QED) is 0.688. The van der Waals surface area contributed by atoms with Gasteiger partial charge in [-0.25, -0.2) is 4.98 Å². The molecule has 4 rings (SSSR count). The second-order valence-electron chi connectivity index (χ2n) is 6.67. The van der Waals surface area contributed by atoms with Crippen LogP contribution in [-0.4, -0.2) is 43.1 Å². The van der Waals surface area contributed by atoms with Crippen LogP contribution < -0.4 is 0 Å². The monoisotopic (exact) mass is 377 g/mol. The van der Waals surface area contributed by atoms with E-state index in [1.165, 1.54) is 10.9 Å². The molecule has 0 N–H and O–H groups in total. The van der Waals surface area contributed by atoms with Gasteiger partial charge in [0, 0.05) is 25.5 Å². The number of halogens is 3. The fourth-order valence-electron chi connectivity index (χ4n) is 3.52. The van der Waals surface area contributed by atoms with Crippen molar-refractivity contribution in [3.8, 4) is 0 Å². The molecule has 1 saturated heterocycles. The van der Waals surface area contributed by atoms with Crippen molar-refractivity contribution in [1.29, 1.82) is 0 Å². The molecule has 4 heterocycles. The second kappa shape index (κ2) is 6.40. The first kappa shape index (κ1) is 17.6. The molecule has 3 aromatic heterocycles. The zero-order valence-corrected chi connectivity index (χ0v) is 14.6.